The van der Waals surface area contributed by atoms with E-state index in [9.17, 15) is 13.2 Å². The van der Waals surface area contributed by atoms with Crippen LogP contribution in [-0.4, -0.2) is 26.7 Å². The van der Waals surface area contributed by atoms with Crippen molar-refractivity contribution in [2.45, 2.75) is 20.3 Å². The number of anilines is 2. The summed E-state index contributed by atoms with van der Waals surface area (Å²) in [6, 6.07) is 11.6. The number of halogens is 1. The Morgan fingerprint density at radius 2 is 1.77 bits per heavy atom. The second kappa shape index (κ2) is 8.91. The van der Waals surface area contributed by atoms with Gasteiger partial charge >= 0.3 is 0 Å². The van der Waals surface area contributed by atoms with Crippen LogP contribution in [0.3, 0.4) is 0 Å². The predicted molar refractivity (Wildman–Crippen MR) is 104 cm³/mol. The normalized spacial score (nSPS) is 11.0. The van der Waals surface area contributed by atoms with Gasteiger partial charge in [0.2, 0.25) is 10.0 Å². The molecule has 2 aromatic rings. The fourth-order valence-electron chi connectivity index (χ4n) is 2.17. The maximum Gasteiger partial charge on any atom is 0.262 e. The van der Waals surface area contributed by atoms with Gasteiger partial charge in [0.25, 0.3) is 5.91 Å². The molecule has 1 amide bonds. The van der Waals surface area contributed by atoms with Gasteiger partial charge in [0.1, 0.15) is 5.75 Å². The molecule has 0 aliphatic heterocycles. The second-order valence-corrected chi connectivity index (χ2v) is 8.00. The van der Waals surface area contributed by atoms with Crippen LogP contribution in [0.1, 0.15) is 18.9 Å². The maximum atomic E-state index is 12.0. The van der Waals surface area contributed by atoms with Crippen molar-refractivity contribution in [3.8, 4) is 5.75 Å². The number of benzene rings is 2. The highest BCUT2D eigenvalue weighted by atomic mass is 35.5. The molecule has 2 rings (SSSR count). The van der Waals surface area contributed by atoms with E-state index in [1.807, 2.05) is 6.92 Å². The van der Waals surface area contributed by atoms with Crippen molar-refractivity contribution < 1.29 is 17.9 Å². The zero-order valence-electron chi connectivity index (χ0n) is 14.6. The summed E-state index contributed by atoms with van der Waals surface area (Å²) in [5, 5.41) is 3.32. The van der Waals surface area contributed by atoms with E-state index in [4.69, 9.17) is 16.3 Å². The number of carbonyl (C=O) groups excluding carboxylic acids is 1. The SMILES string of the molecule is CCCS(=O)(=O)Nc1ccc(NC(=O)COc2ccc(Cl)c(C)c2)cc1. The summed E-state index contributed by atoms with van der Waals surface area (Å²) in [7, 11) is -3.33. The van der Waals surface area contributed by atoms with Gasteiger partial charge in [-0.05, 0) is 61.4 Å². The largest absolute Gasteiger partial charge is 0.484 e. The Hall–Kier alpha value is -2.25. The molecular weight excluding hydrogens is 376 g/mol. The first kappa shape index (κ1) is 20.1. The van der Waals surface area contributed by atoms with E-state index in [-0.39, 0.29) is 18.3 Å². The van der Waals surface area contributed by atoms with Crippen molar-refractivity contribution in [1.29, 1.82) is 0 Å². The molecule has 0 fully saturated rings. The molecule has 0 spiro atoms. The van der Waals surface area contributed by atoms with Crippen molar-refractivity contribution in [2.24, 2.45) is 0 Å². The highest BCUT2D eigenvalue weighted by Crippen LogP contribution is 2.21. The third-order valence-electron chi connectivity index (χ3n) is 3.41. The third-order valence-corrected chi connectivity index (χ3v) is 5.33. The van der Waals surface area contributed by atoms with E-state index in [2.05, 4.69) is 10.0 Å². The van der Waals surface area contributed by atoms with E-state index < -0.39 is 10.0 Å². The number of ether oxygens (including phenoxy) is 1. The lowest BCUT2D eigenvalue weighted by atomic mass is 10.2. The molecular formula is C18H21ClN2O4S. The number of amides is 1. The van der Waals surface area contributed by atoms with Gasteiger partial charge in [-0.25, -0.2) is 8.42 Å². The number of nitrogens with one attached hydrogen (secondary N) is 2. The van der Waals surface area contributed by atoms with Crippen LogP contribution in [0.5, 0.6) is 5.75 Å². The number of hydrogen-bond donors (Lipinski definition) is 2. The lowest BCUT2D eigenvalue weighted by molar-refractivity contribution is -0.118. The molecule has 0 bridgehead atoms. The Morgan fingerprint density at radius 1 is 1.12 bits per heavy atom. The zero-order chi connectivity index (χ0) is 19.2. The molecule has 0 aliphatic rings. The average Bonchev–Trinajstić information content (AvgIpc) is 2.57. The second-order valence-electron chi connectivity index (χ2n) is 5.75. The first-order valence-corrected chi connectivity index (χ1v) is 10.1. The minimum Gasteiger partial charge on any atom is -0.484 e. The van der Waals surface area contributed by atoms with Crippen LogP contribution in [0, 0.1) is 6.92 Å². The Bertz CT molecular complexity index is 867. The number of carbonyl (C=O) groups is 1. The van der Waals surface area contributed by atoms with Crippen molar-refractivity contribution in [1.82, 2.24) is 0 Å². The monoisotopic (exact) mass is 396 g/mol. The topological polar surface area (TPSA) is 84.5 Å². The van der Waals surface area contributed by atoms with Gasteiger partial charge in [0, 0.05) is 16.4 Å². The minimum absolute atomic E-state index is 0.0625. The number of aryl methyl sites for hydroxylation is 1. The van der Waals surface area contributed by atoms with Gasteiger partial charge < -0.3 is 10.1 Å². The summed E-state index contributed by atoms with van der Waals surface area (Å²) in [6.45, 7) is 3.50. The number of sulfonamides is 1. The molecule has 140 valence electrons. The maximum absolute atomic E-state index is 12.0. The molecule has 0 aromatic heterocycles. The smallest absolute Gasteiger partial charge is 0.262 e. The average molecular weight is 397 g/mol. The van der Waals surface area contributed by atoms with Crippen molar-refractivity contribution in [3.05, 3.63) is 53.1 Å². The predicted octanol–water partition coefficient (Wildman–Crippen LogP) is 3.82. The fourth-order valence-corrected chi connectivity index (χ4v) is 3.43. The standard InChI is InChI=1S/C18H21ClN2O4S/c1-3-10-26(23,24)21-15-6-4-14(5-7-15)20-18(22)12-25-16-8-9-17(19)13(2)11-16/h4-9,11,21H,3,10,12H2,1-2H3,(H,20,22). The molecule has 2 N–H and O–H groups in total. The molecule has 0 aliphatic carbocycles. The molecule has 0 saturated carbocycles. The number of rotatable bonds is 8. The van der Waals surface area contributed by atoms with Gasteiger partial charge in [-0.3, -0.25) is 9.52 Å². The first-order valence-electron chi connectivity index (χ1n) is 8.08. The summed E-state index contributed by atoms with van der Waals surface area (Å²) >= 11 is 5.94. The zero-order valence-corrected chi connectivity index (χ0v) is 16.2. The van der Waals surface area contributed by atoms with Gasteiger partial charge in [0.05, 0.1) is 5.75 Å². The van der Waals surface area contributed by atoms with E-state index in [1.165, 1.54) is 0 Å². The fraction of sp³-hybridized carbons (Fsp3) is 0.278. The van der Waals surface area contributed by atoms with E-state index in [0.29, 0.717) is 28.6 Å². The van der Waals surface area contributed by atoms with Crippen molar-refractivity contribution >= 4 is 38.9 Å². The Labute approximate surface area is 158 Å². The van der Waals surface area contributed by atoms with E-state index >= 15 is 0 Å². The van der Waals surface area contributed by atoms with Gasteiger partial charge in [-0.1, -0.05) is 18.5 Å². The highest BCUT2D eigenvalue weighted by Gasteiger charge is 2.09. The lowest BCUT2D eigenvalue weighted by Gasteiger charge is -2.10. The van der Waals surface area contributed by atoms with Crippen LogP contribution in [0.15, 0.2) is 42.5 Å². The van der Waals surface area contributed by atoms with Crippen LogP contribution < -0.4 is 14.8 Å². The van der Waals surface area contributed by atoms with Crippen LogP contribution in [0.2, 0.25) is 5.02 Å². The highest BCUT2D eigenvalue weighted by molar-refractivity contribution is 7.92. The van der Waals surface area contributed by atoms with Gasteiger partial charge in [0.15, 0.2) is 6.61 Å². The molecule has 0 saturated heterocycles. The van der Waals surface area contributed by atoms with Crippen LogP contribution >= 0.6 is 11.6 Å². The van der Waals surface area contributed by atoms with Crippen LogP contribution in [0.4, 0.5) is 11.4 Å². The van der Waals surface area contributed by atoms with E-state index in [0.717, 1.165) is 5.56 Å². The Balaban J connectivity index is 1.88. The van der Waals surface area contributed by atoms with Crippen LogP contribution in [-0.2, 0) is 14.8 Å². The summed E-state index contributed by atoms with van der Waals surface area (Å²) in [4.78, 5) is 12.0. The summed E-state index contributed by atoms with van der Waals surface area (Å²) in [5.74, 6) is 0.298. The van der Waals surface area contributed by atoms with Gasteiger partial charge in [-0.2, -0.15) is 0 Å². The third kappa shape index (κ3) is 6.24. The lowest BCUT2D eigenvalue weighted by Crippen LogP contribution is -2.20. The minimum atomic E-state index is -3.33. The van der Waals surface area contributed by atoms with Crippen molar-refractivity contribution in [3.63, 3.8) is 0 Å². The summed E-state index contributed by atoms with van der Waals surface area (Å²) in [6.07, 6.45) is 0.538. The van der Waals surface area contributed by atoms with E-state index in [1.54, 1.807) is 49.4 Å². The van der Waals surface area contributed by atoms with Crippen molar-refractivity contribution in [2.75, 3.05) is 22.4 Å². The molecule has 8 heteroatoms. The van der Waals surface area contributed by atoms with Crippen LogP contribution in [0.25, 0.3) is 0 Å². The first-order chi connectivity index (χ1) is 12.3. The Kier molecular flexibility index (Phi) is 6.88. The summed E-state index contributed by atoms with van der Waals surface area (Å²) < 4.78 is 31.4. The quantitative estimate of drug-likeness (QED) is 0.710. The molecule has 6 nitrogen and oxygen atoms in total. The molecule has 0 unspecified atom stereocenters. The summed E-state index contributed by atoms with van der Waals surface area (Å²) in [5.41, 5.74) is 1.86. The van der Waals surface area contributed by atoms with Gasteiger partial charge in [-0.15, -0.1) is 0 Å². The molecule has 0 radical (unpaired) electrons. The molecule has 0 heterocycles. The molecule has 26 heavy (non-hydrogen) atoms. The number of hydrogen-bond acceptors (Lipinski definition) is 4. The molecule has 2 aromatic carbocycles. The molecule has 0 atom stereocenters. The Morgan fingerprint density at radius 3 is 2.38 bits per heavy atom.